The normalized spacial score (nSPS) is 21.7. The van der Waals surface area contributed by atoms with Gasteiger partial charge in [-0.3, -0.25) is 4.90 Å². The molecule has 0 bridgehead atoms. The number of benzene rings is 1. The fourth-order valence-corrected chi connectivity index (χ4v) is 3.43. The Kier molecular flexibility index (Phi) is 3.17. The number of likely N-dealkylation sites (tertiary alicyclic amines) is 1. The molecule has 106 valence electrons. The Hall–Kier alpha value is -1.61. The Labute approximate surface area is 121 Å². The van der Waals surface area contributed by atoms with Crippen LogP contribution < -0.4 is 0 Å². The predicted molar refractivity (Wildman–Crippen MR) is 81.3 cm³/mol. The number of aryl methyl sites for hydroxylation is 1. The summed E-state index contributed by atoms with van der Waals surface area (Å²) >= 11 is 0. The van der Waals surface area contributed by atoms with Crippen molar-refractivity contribution in [3.63, 3.8) is 0 Å². The van der Waals surface area contributed by atoms with Gasteiger partial charge in [0.05, 0.1) is 5.69 Å². The summed E-state index contributed by atoms with van der Waals surface area (Å²) in [4.78, 5) is 6.95. The second-order valence-electron chi connectivity index (χ2n) is 6.56. The molecule has 0 N–H and O–H groups in total. The zero-order chi connectivity index (χ0) is 14.3. The molecule has 1 unspecified atom stereocenters. The van der Waals surface area contributed by atoms with E-state index in [1.165, 1.54) is 11.3 Å². The fraction of sp³-hybridized carbons (Fsp3) is 0.471. The molecule has 0 aliphatic carbocycles. The Morgan fingerprint density at radius 1 is 1.25 bits per heavy atom. The topological polar surface area (TPSA) is 21.1 Å². The molecule has 0 saturated carbocycles. The molecule has 2 heterocycles. The van der Waals surface area contributed by atoms with Gasteiger partial charge in [0, 0.05) is 32.4 Å². The van der Waals surface area contributed by atoms with Crippen molar-refractivity contribution in [2.75, 3.05) is 6.54 Å². The van der Waals surface area contributed by atoms with Gasteiger partial charge in [0.1, 0.15) is 5.82 Å². The molecule has 1 aromatic heterocycles. The molecule has 3 heteroatoms. The molecule has 1 aliphatic heterocycles. The minimum atomic E-state index is 0.342. The van der Waals surface area contributed by atoms with E-state index in [4.69, 9.17) is 0 Å². The van der Waals surface area contributed by atoms with Crippen LogP contribution in [-0.4, -0.2) is 21.0 Å². The molecular formula is C17H23N3. The van der Waals surface area contributed by atoms with Crippen LogP contribution in [0, 0.1) is 12.3 Å². The van der Waals surface area contributed by atoms with Crippen molar-refractivity contribution in [3.05, 3.63) is 53.6 Å². The average Bonchev–Trinajstić information content (AvgIpc) is 2.71. The van der Waals surface area contributed by atoms with E-state index in [-0.39, 0.29) is 0 Å². The molecule has 1 aromatic carbocycles. The first-order valence-corrected chi connectivity index (χ1v) is 7.25. The van der Waals surface area contributed by atoms with E-state index in [1.54, 1.807) is 0 Å². The molecule has 3 nitrogen and oxygen atoms in total. The zero-order valence-corrected chi connectivity index (χ0v) is 12.8. The number of nitrogens with zero attached hydrogens (tertiary/aromatic N) is 3. The highest BCUT2D eigenvalue weighted by Crippen LogP contribution is 2.48. The molecule has 2 aromatic rings. The van der Waals surface area contributed by atoms with Crippen molar-refractivity contribution in [1.29, 1.82) is 0 Å². The highest BCUT2D eigenvalue weighted by Gasteiger charge is 2.46. The van der Waals surface area contributed by atoms with Gasteiger partial charge in [0.2, 0.25) is 0 Å². The summed E-state index contributed by atoms with van der Waals surface area (Å²) in [7, 11) is 2.10. The summed E-state index contributed by atoms with van der Waals surface area (Å²) in [5.41, 5.74) is 3.05. The van der Waals surface area contributed by atoms with Crippen LogP contribution in [0.1, 0.15) is 37.0 Å². The lowest BCUT2D eigenvalue weighted by molar-refractivity contribution is -0.0600. The Morgan fingerprint density at radius 3 is 2.50 bits per heavy atom. The van der Waals surface area contributed by atoms with Crippen LogP contribution in [0.25, 0.3) is 0 Å². The number of aromatic nitrogens is 2. The van der Waals surface area contributed by atoms with Crippen LogP contribution in [0.5, 0.6) is 0 Å². The highest BCUT2D eigenvalue weighted by atomic mass is 15.3. The monoisotopic (exact) mass is 269 g/mol. The maximum atomic E-state index is 4.40. The molecule has 1 saturated heterocycles. The minimum Gasteiger partial charge on any atom is -0.334 e. The van der Waals surface area contributed by atoms with Gasteiger partial charge in [-0.1, -0.05) is 44.2 Å². The van der Waals surface area contributed by atoms with Crippen molar-refractivity contribution >= 4 is 0 Å². The van der Waals surface area contributed by atoms with E-state index in [2.05, 4.69) is 72.6 Å². The second kappa shape index (κ2) is 4.74. The molecular weight excluding hydrogens is 246 g/mol. The van der Waals surface area contributed by atoms with Crippen LogP contribution >= 0.6 is 0 Å². The van der Waals surface area contributed by atoms with Gasteiger partial charge < -0.3 is 4.57 Å². The summed E-state index contributed by atoms with van der Waals surface area (Å²) in [5, 5.41) is 0. The van der Waals surface area contributed by atoms with Gasteiger partial charge in [-0.05, 0) is 17.9 Å². The molecule has 20 heavy (non-hydrogen) atoms. The zero-order valence-electron chi connectivity index (χ0n) is 12.8. The van der Waals surface area contributed by atoms with Crippen LogP contribution in [0.4, 0.5) is 0 Å². The lowest BCUT2D eigenvalue weighted by Crippen LogP contribution is -2.55. The third kappa shape index (κ3) is 2.16. The summed E-state index contributed by atoms with van der Waals surface area (Å²) in [5.74, 6) is 1.08. The third-order valence-electron chi connectivity index (χ3n) is 4.51. The van der Waals surface area contributed by atoms with E-state index in [0.29, 0.717) is 11.5 Å². The van der Waals surface area contributed by atoms with Gasteiger partial charge >= 0.3 is 0 Å². The molecule has 0 spiro atoms. The summed E-state index contributed by atoms with van der Waals surface area (Å²) in [6.45, 7) is 8.88. The molecule has 0 amide bonds. The average molecular weight is 269 g/mol. The van der Waals surface area contributed by atoms with E-state index >= 15 is 0 Å². The van der Waals surface area contributed by atoms with E-state index < -0.39 is 0 Å². The van der Waals surface area contributed by atoms with Crippen LogP contribution in [0.15, 0.2) is 36.5 Å². The van der Waals surface area contributed by atoms with Gasteiger partial charge in [0.15, 0.2) is 0 Å². The first-order valence-electron chi connectivity index (χ1n) is 7.25. The minimum absolute atomic E-state index is 0.342. The van der Waals surface area contributed by atoms with Crippen LogP contribution in [0.2, 0.25) is 0 Å². The Morgan fingerprint density at radius 2 is 1.95 bits per heavy atom. The van der Waals surface area contributed by atoms with E-state index in [9.17, 15) is 0 Å². The molecule has 3 rings (SSSR count). The lowest BCUT2D eigenvalue weighted by Gasteiger charge is -2.54. The van der Waals surface area contributed by atoms with Crippen molar-refractivity contribution in [1.82, 2.24) is 14.5 Å². The van der Waals surface area contributed by atoms with Crippen molar-refractivity contribution in [3.8, 4) is 0 Å². The predicted octanol–water partition coefficient (Wildman–Crippen LogP) is 3.31. The van der Waals surface area contributed by atoms with Gasteiger partial charge in [-0.2, -0.15) is 0 Å². The quantitative estimate of drug-likeness (QED) is 0.852. The number of imidazole rings is 1. The van der Waals surface area contributed by atoms with Crippen LogP contribution in [-0.2, 0) is 13.6 Å². The number of hydrogen-bond acceptors (Lipinski definition) is 2. The molecule has 0 radical (unpaired) electrons. The molecule has 1 atom stereocenters. The van der Waals surface area contributed by atoms with Gasteiger partial charge in [-0.15, -0.1) is 0 Å². The lowest BCUT2D eigenvalue weighted by atomic mass is 9.71. The standard InChI is InChI=1S/C17H23N3/c1-13-18-10-15(19(13)4)11-20-12-17(2,3)16(20)14-8-6-5-7-9-14/h5-10,16H,11-12H2,1-4H3. The van der Waals surface area contributed by atoms with Crippen molar-refractivity contribution in [2.24, 2.45) is 12.5 Å². The smallest absolute Gasteiger partial charge is 0.105 e. The second-order valence-corrected chi connectivity index (χ2v) is 6.56. The first-order chi connectivity index (χ1) is 9.49. The van der Waals surface area contributed by atoms with Crippen molar-refractivity contribution in [2.45, 2.75) is 33.4 Å². The highest BCUT2D eigenvalue weighted by molar-refractivity contribution is 5.25. The first kappa shape index (κ1) is 13.4. The maximum absolute atomic E-state index is 4.40. The van der Waals surface area contributed by atoms with Gasteiger partial charge in [-0.25, -0.2) is 4.98 Å². The molecule has 1 fully saturated rings. The largest absolute Gasteiger partial charge is 0.334 e. The Balaban J connectivity index is 1.83. The summed E-state index contributed by atoms with van der Waals surface area (Å²) < 4.78 is 2.19. The van der Waals surface area contributed by atoms with Crippen molar-refractivity contribution < 1.29 is 0 Å². The number of hydrogen-bond donors (Lipinski definition) is 0. The third-order valence-corrected chi connectivity index (χ3v) is 4.51. The fourth-order valence-electron chi connectivity index (χ4n) is 3.43. The summed E-state index contributed by atoms with van der Waals surface area (Å²) in [6.07, 6.45) is 2.00. The Bertz CT molecular complexity index is 598. The molecule has 1 aliphatic rings. The van der Waals surface area contributed by atoms with E-state index in [1.807, 2.05) is 6.20 Å². The SMILES string of the molecule is Cc1ncc(CN2CC(C)(C)C2c2ccccc2)n1C. The number of rotatable bonds is 3. The van der Waals surface area contributed by atoms with Gasteiger partial charge in [0.25, 0.3) is 0 Å². The van der Waals surface area contributed by atoms with Crippen LogP contribution in [0.3, 0.4) is 0 Å². The summed E-state index contributed by atoms with van der Waals surface area (Å²) in [6, 6.07) is 11.3. The maximum Gasteiger partial charge on any atom is 0.105 e. The van der Waals surface area contributed by atoms with E-state index in [0.717, 1.165) is 18.9 Å².